The molecule has 0 saturated carbocycles. The van der Waals surface area contributed by atoms with E-state index < -0.39 is 0 Å². The number of rotatable bonds is 5. The molecule has 1 amide bonds. The number of aromatic nitrogens is 2. The molecule has 5 rings (SSSR count). The number of piperidine rings is 1. The molecule has 3 N–H and O–H groups in total. The van der Waals surface area contributed by atoms with Gasteiger partial charge in [0.25, 0.3) is 5.91 Å². The third-order valence-corrected chi connectivity index (χ3v) is 5.88. The molecule has 1 aromatic carbocycles. The molecule has 2 aliphatic heterocycles. The van der Waals surface area contributed by atoms with Crippen LogP contribution in [0.2, 0.25) is 0 Å². The van der Waals surface area contributed by atoms with Crippen molar-refractivity contribution in [3.05, 3.63) is 66.0 Å². The first kappa shape index (κ1) is 21.0. The van der Waals surface area contributed by atoms with Gasteiger partial charge in [-0.2, -0.15) is 0 Å². The molecule has 167 valence electrons. The van der Waals surface area contributed by atoms with Gasteiger partial charge in [0.1, 0.15) is 23.5 Å². The molecular weight excluding hydrogens is 416 g/mol. The molecule has 1 fully saturated rings. The maximum absolute atomic E-state index is 12.5. The monoisotopic (exact) mass is 441 g/mol. The second-order valence-electron chi connectivity index (χ2n) is 8.31. The van der Waals surface area contributed by atoms with Gasteiger partial charge in [-0.1, -0.05) is 0 Å². The van der Waals surface area contributed by atoms with Crippen LogP contribution in [-0.2, 0) is 0 Å². The van der Waals surface area contributed by atoms with E-state index in [-0.39, 0.29) is 12.0 Å². The van der Waals surface area contributed by atoms with Gasteiger partial charge in [0.15, 0.2) is 0 Å². The number of hydrogen-bond donors (Lipinski definition) is 2. The zero-order valence-electron chi connectivity index (χ0n) is 18.4. The van der Waals surface area contributed by atoms with Crippen LogP contribution >= 0.6 is 0 Å². The average molecular weight is 442 g/mol. The number of carbonyl (C=O) groups excluding carboxylic acids is 1. The number of nitrogens with zero attached hydrogens (tertiary/aromatic N) is 4. The van der Waals surface area contributed by atoms with E-state index in [1.165, 1.54) is 6.20 Å². The lowest BCUT2D eigenvalue weighted by Crippen LogP contribution is -2.35. The minimum Gasteiger partial charge on any atom is -0.490 e. The first-order valence-corrected chi connectivity index (χ1v) is 11.0. The molecule has 4 heterocycles. The van der Waals surface area contributed by atoms with Crippen LogP contribution in [0.1, 0.15) is 28.8 Å². The van der Waals surface area contributed by atoms with Crippen molar-refractivity contribution in [2.24, 2.45) is 0 Å². The summed E-state index contributed by atoms with van der Waals surface area (Å²) in [6.45, 7) is 2.10. The lowest BCUT2D eigenvalue weighted by molar-refractivity contribution is 0.0965. The number of ether oxygens (including phenoxy) is 1. The minimum atomic E-state index is -0.327. The summed E-state index contributed by atoms with van der Waals surface area (Å²) < 4.78 is 6.14. The van der Waals surface area contributed by atoms with Crippen LogP contribution in [0.15, 0.2) is 54.9 Å². The Hall–Kier alpha value is -3.91. The van der Waals surface area contributed by atoms with E-state index in [2.05, 4.69) is 27.6 Å². The molecule has 1 saturated heterocycles. The molecule has 8 nitrogen and oxygen atoms in total. The van der Waals surface area contributed by atoms with Gasteiger partial charge in [-0.05, 0) is 74.0 Å². The number of carbonyl (C=O) groups is 1. The largest absolute Gasteiger partial charge is 0.490 e. The summed E-state index contributed by atoms with van der Waals surface area (Å²) in [5.74, 6) is 1.39. The van der Waals surface area contributed by atoms with Crippen LogP contribution in [0.25, 0.3) is 17.3 Å². The van der Waals surface area contributed by atoms with Crippen LogP contribution in [0, 0.1) is 0 Å². The number of hydrogen-bond acceptors (Lipinski definition) is 7. The molecule has 8 heteroatoms. The van der Waals surface area contributed by atoms with Gasteiger partial charge in [0.2, 0.25) is 0 Å². The molecule has 2 aromatic heterocycles. The van der Waals surface area contributed by atoms with Gasteiger partial charge >= 0.3 is 0 Å². The van der Waals surface area contributed by atoms with Crippen molar-refractivity contribution in [3.63, 3.8) is 0 Å². The fraction of sp³-hybridized carbons (Fsp3) is 0.240. The van der Waals surface area contributed by atoms with Crippen molar-refractivity contribution in [3.8, 4) is 17.0 Å². The van der Waals surface area contributed by atoms with Crippen LogP contribution in [0.4, 0.5) is 17.3 Å². The molecule has 0 spiro atoms. The standard InChI is InChI=1S/C25H25N6O2/c1-31-12-9-20(10-13-31)33-19-5-3-18(4-6-19)29-24-23-16(8-11-27-25(23)32)14-21(30-24)17-2-7-22(26)28-15-17/h2-8,11,14-15,20H,9-10,12-13H2,1H3,(H2,26,28)(H,29,30). The third kappa shape index (κ3) is 4.65. The molecule has 1 radical (unpaired) electrons. The SMILES string of the molecule is CN1CCC(Oc2ccc(Nc3nc(-c4ccc(N)nc4)cc4c3C(=O)[N]C=C4)cc2)CC1. The molecule has 0 unspecified atom stereocenters. The number of pyridine rings is 2. The van der Waals surface area contributed by atoms with E-state index in [1.54, 1.807) is 18.3 Å². The van der Waals surface area contributed by atoms with Gasteiger partial charge in [0.05, 0.1) is 11.3 Å². The highest BCUT2D eigenvalue weighted by Crippen LogP contribution is 2.31. The predicted molar refractivity (Wildman–Crippen MR) is 128 cm³/mol. The topological polar surface area (TPSA) is 107 Å². The highest BCUT2D eigenvalue weighted by Gasteiger charge is 2.22. The van der Waals surface area contributed by atoms with Gasteiger partial charge in [-0.25, -0.2) is 15.3 Å². The molecule has 0 atom stereocenters. The second kappa shape index (κ2) is 8.91. The fourth-order valence-corrected chi connectivity index (χ4v) is 4.01. The molecule has 0 aliphatic carbocycles. The Morgan fingerprint density at radius 1 is 1.12 bits per heavy atom. The lowest BCUT2D eigenvalue weighted by Gasteiger charge is -2.29. The highest BCUT2D eigenvalue weighted by atomic mass is 16.5. The number of nitrogens with one attached hydrogen (secondary N) is 1. The number of amides is 1. The second-order valence-corrected chi connectivity index (χ2v) is 8.31. The summed E-state index contributed by atoms with van der Waals surface area (Å²) >= 11 is 0. The quantitative estimate of drug-likeness (QED) is 0.622. The van der Waals surface area contributed by atoms with Crippen molar-refractivity contribution in [1.82, 2.24) is 20.2 Å². The van der Waals surface area contributed by atoms with Crippen LogP contribution in [0.5, 0.6) is 5.75 Å². The summed E-state index contributed by atoms with van der Waals surface area (Å²) in [6, 6.07) is 13.2. The van der Waals surface area contributed by atoms with Gasteiger partial charge in [-0.15, -0.1) is 0 Å². The van der Waals surface area contributed by atoms with Crippen molar-refractivity contribution in [2.75, 3.05) is 31.2 Å². The van der Waals surface area contributed by atoms with Gasteiger partial charge in [0, 0.05) is 36.7 Å². The van der Waals surface area contributed by atoms with Crippen LogP contribution in [0.3, 0.4) is 0 Å². The minimum absolute atomic E-state index is 0.241. The third-order valence-electron chi connectivity index (χ3n) is 5.88. The van der Waals surface area contributed by atoms with Crippen molar-refractivity contribution < 1.29 is 9.53 Å². The normalized spacial score (nSPS) is 16.2. The number of benzene rings is 1. The van der Waals surface area contributed by atoms with Crippen LogP contribution < -0.4 is 21.1 Å². The Kier molecular flexibility index (Phi) is 5.66. The predicted octanol–water partition coefficient (Wildman–Crippen LogP) is 3.67. The Morgan fingerprint density at radius 2 is 1.91 bits per heavy atom. The summed E-state index contributed by atoms with van der Waals surface area (Å²) in [5, 5.41) is 7.21. The maximum Gasteiger partial charge on any atom is 0.281 e. The highest BCUT2D eigenvalue weighted by molar-refractivity contribution is 6.05. The van der Waals surface area contributed by atoms with E-state index in [9.17, 15) is 4.79 Å². The van der Waals surface area contributed by atoms with Crippen molar-refractivity contribution in [1.29, 1.82) is 0 Å². The van der Waals surface area contributed by atoms with Crippen molar-refractivity contribution >= 4 is 29.3 Å². The lowest BCUT2D eigenvalue weighted by atomic mass is 10.0. The smallest absolute Gasteiger partial charge is 0.281 e. The van der Waals surface area contributed by atoms with E-state index in [1.807, 2.05) is 36.4 Å². The number of nitrogens with two attached hydrogens (primary N) is 1. The number of nitrogen functional groups attached to an aromatic ring is 1. The number of fused-ring (bicyclic) bond motifs is 1. The zero-order chi connectivity index (χ0) is 22.8. The van der Waals surface area contributed by atoms with E-state index in [0.29, 0.717) is 22.9 Å². The fourth-order valence-electron chi connectivity index (χ4n) is 4.01. The molecule has 33 heavy (non-hydrogen) atoms. The van der Waals surface area contributed by atoms with Crippen molar-refractivity contribution in [2.45, 2.75) is 18.9 Å². The summed E-state index contributed by atoms with van der Waals surface area (Å²) in [5.41, 5.74) is 9.20. The van der Waals surface area contributed by atoms with E-state index in [4.69, 9.17) is 15.5 Å². The van der Waals surface area contributed by atoms with Crippen LogP contribution in [-0.4, -0.2) is 47.0 Å². The summed E-state index contributed by atoms with van der Waals surface area (Å²) in [7, 11) is 2.13. The molecule has 3 aromatic rings. The van der Waals surface area contributed by atoms with Gasteiger partial charge in [-0.3, -0.25) is 4.79 Å². The number of anilines is 3. The Morgan fingerprint density at radius 3 is 2.64 bits per heavy atom. The van der Waals surface area contributed by atoms with E-state index >= 15 is 0 Å². The zero-order valence-corrected chi connectivity index (χ0v) is 18.4. The molecular formula is C25H25N6O2. The summed E-state index contributed by atoms with van der Waals surface area (Å²) in [4.78, 5) is 23.7. The molecule has 2 aliphatic rings. The number of likely N-dealkylation sites (tertiary alicyclic amines) is 1. The maximum atomic E-state index is 12.5. The summed E-state index contributed by atoms with van der Waals surface area (Å²) in [6.07, 6.45) is 7.27. The Bertz CT molecular complexity index is 1180. The average Bonchev–Trinajstić information content (AvgIpc) is 2.82. The first-order chi connectivity index (χ1) is 16.0. The van der Waals surface area contributed by atoms with Gasteiger partial charge < -0.3 is 20.7 Å². The first-order valence-electron chi connectivity index (χ1n) is 11.0. The van der Waals surface area contributed by atoms with E-state index in [0.717, 1.165) is 48.5 Å². The Labute approximate surface area is 192 Å². The Balaban J connectivity index is 1.40. The molecule has 0 bridgehead atoms.